The van der Waals surface area contributed by atoms with E-state index in [0.29, 0.717) is 6.07 Å². The van der Waals surface area contributed by atoms with Crippen LogP contribution in [0.15, 0.2) is 18.3 Å². The molecule has 2 aromatic heterocycles. The van der Waals surface area contributed by atoms with Crippen molar-refractivity contribution in [3.63, 3.8) is 0 Å². The molecule has 0 fully saturated rings. The summed E-state index contributed by atoms with van der Waals surface area (Å²) >= 11 is 0. The summed E-state index contributed by atoms with van der Waals surface area (Å²) in [5.41, 5.74) is -2.16. The number of ether oxygens (including phenoxy) is 1. The van der Waals surface area contributed by atoms with Gasteiger partial charge in [0.05, 0.1) is 12.0 Å². The highest BCUT2D eigenvalue weighted by Crippen LogP contribution is 2.34. The molecule has 0 N–H and O–H groups in total. The molecule has 0 aromatic carbocycles. The SMILES string of the molecule is COC(=O)n1c(C(F)(F)F)cc2cc([N+](=O)[O-])cnc21. The zero-order valence-corrected chi connectivity index (χ0v) is 9.84. The van der Waals surface area contributed by atoms with E-state index in [0.717, 1.165) is 19.4 Å². The van der Waals surface area contributed by atoms with Gasteiger partial charge < -0.3 is 4.74 Å². The Morgan fingerprint density at radius 3 is 2.60 bits per heavy atom. The van der Waals surface area contributed by atoms with Gasteiger partial charge in [0, 0.05) is 11.5 Å². The van der Waals surface area contributed by atoms with Gasteiger partial charge in [0.2, 0.25) is 0 Å². The molecule has 0 saturated carbocycles. The lowest BCUT2D eigenvalue weighted by molar-refractivity contribution is -0.385. The van der Waals surface area contributed by atoms with Gasteiger partial charge in [-0.1, -0.05) is 0 Å². The molecule has 2 aromatic rings. The van der Waals surface area contributed by atoms with E-state index in [1.807, 2.05) is 0 Å². The van der Waals surface area contributed by atoms with Crippen molar-refractivity contribution in [1.29, 1.82) is 0 Å². The lowest BCUT2D eigenvalue weighted by Crippen LogP contribution is -2.20. The fourth-order valence-corrected chi connectivity index (χ4v) is 1.67. The van der Waals surface area contributed by atoms with Crippen molar-refractivity contribution in [1.82, 2.24) is 9.55 Å². The van der Waals surface area contributed by atoms with Crippen LogP contribution in [0.3, 0.4) is 0 Å². The predicted molar refractivity (Wildman–Crippen MR) is 59.2 cm³/mol. The van der Waals surface area contributed by atoms with Crippen molar-refractivity contribution in [2.24, 2.45) is 0 Å². The molecule has 0 atom stereocenters. The van der Waals surface area contributed by atoms with Gasteiger partial charge in [-0.05, 0) is 6.07 Å². The summed E-state index contributed by atoms with van der Waals surface area (Å²) in [4.78, 5) is 24.7. The summed E-state index contributed by atoms with van der Waals surface area (Å²) in [6.07, 6.45) is -5.35. The molecule has 2 heterocycles. The maximum Gasteiger partial charge on any atom is 0.432 e. The van der Waals surface area contributed by atoms with E-state index in [9.17, 15) is 28.1 Å². The molecule has 0 bridgehead atoms. The highest BCUT2D eigenvalue weighted by atomic mass is 19.4. The third kappa shape index (κ3) is 2.15. The Bertz CT molecular complexity index is 708. The van der Waals surface area contributed by atoms with Crippen molar-refractivity contribution in [2.45, 2.75) is 6.18 Å². The molecule has 106 valence electrons. The first-order chi connectivity index (χ1) is 9.25. The molecular weight excluding hydrogens is 283 g/mol. The summed E-state index contributed by atoms with van der Waals surface area (Å²) in [5.74, 6) is 0. The van der Waals surface area contributed by atoms with E-state index in [4.69, 9.17) is 0 Å². The van der Waals surface area contributed by atoms with Crippen molar-refractivity contribution in [2.75, 3.05) is 7.11 Å². The minimum Gasteiger partial charge on any atom is -0.452 e. The van der Waals surface area contributed by atoms with Gasteiger partial charge in [0.15, 0.2) is 5.65 Å². The Hall–Kier alpha value is -2.65. The third-order valence-electron chi connectivity index (χ3n) is 2.48. The number of carbonyl (C=O) groups is 1. The molecule has 7 nitrogen and oxygen atoms in total. The van der Waals surface area contributed by atoms with Crippen LogP contribution in [0.1, 0.15) is 5.69 Å². The number of aromatic nitrogens is 2. The van der Waals surface area contributed by atoms with Crippen LogP contribution in [0.5, 0.6) is 0 Å². The molecule has 0 unspecified atom stereocenters. The number of hydrogen-bond donors (Lipinski definition) is 0. The zero-order valence-electron chi connectivity index (χ0n) is 9.84. The highest BCUT2D eigenvalue weighted by molar-refractivity contribution is 5.89. The summed E-state index contributed by atoms with van der Waals surface area (Å²) in [5, 5.41) is 10.4. The Morgan fingerprint density at radius 1 is 1.45 bits per heavy atom. The van der Waals surface area contributed by atoms with Crippen LogP contribution < -0.4 is 0 Å². The Labute approximate surface area is 108 Å². The molecule has 0 aliphatic rings. The van der Waals surface area contributed by atoms with Gasteiger partial charge in [-0.25, -0.2) is 14.3 Å². The molecule has 2 rings (SSSR count). The van der Waals surface area contributed by atoms with E-state index in [-0.39, 0.29) is 15.6 Å². The molecular formula is C10H6F3N3O4. The Morgan fingerprint density at radius 2 is 2.10 bits per heavy atom. The summed E-state index contributed by atoms with van der Waals surface area (Å²) in [6, 6.07) is 1.50. The molecule has 0 aliphatic carbocycles. The maximum atomic E-state index is 12.9. The molecule has 20 heavy (non-hydrogen) atoms. The van der Waals surface area contributed by atoms with Crippen LogP contribution in [-0.2, 0) is 10.9 Å². The molecule has 0 spiro atoms. The average Bonchev–Trinajstić information content (AvgIpc) is 2.75. The van der Waals surface area contributed by atoms with Crippen LogP contribution in [0, 0.1) is 10.1 Å². The number of carbonyl (C=O) groups excluding carboxylic acids is 1. The van der Waals surface area contributed by atoms with Gasteiger partial charge >= 0.3 is 12.3 Å². The van der Waals surface area contributed by atoms with E-state index < -0.39 is 28.6 Å². The van der Waals surface area contributed by atoms with Crippen LogP contribution in [-0.4, -0.2) is 27.7 Å². The van der Waals surface area contributed by atoms with Crippen LogP contribution in [0.25, 0.3) is 11.0 Å². The minimum atomic E-state index is -4.83. The van der Waals surface area contributed by atoms with Crippen molar-refractivity contribution >= 4 is 22.8 Å². The summed E-state index contributed by atoms with van der Waals surface area (Å²) in [7, 11) is 0.916. The minimum absolute atomic E-state index is 0.183. The molecule has 0 saturated heterocycles. The van der Waals surface area contributed by atoms with Gasteiger partial charge in [-0.3, -0.25) is 10.1 Å². The zero-order chi connectivity index (χ0) is 15.1. The topological polar surface area (TPSA) is 87.3 Å². The number of alkyl halides is 3. The Balaban J connectivity index is 2.79. The average molecular weight is 289 g/mol. The first-order valence-corrected chi connectivity index (χ1v) is 5.07. The number of pyridine rings is 1. The van der Waals surface area contributed by atoms with E-state index in [2.05, 4.69) is 9.72 Å². The smallest absolute Gasteiger partial charge is 0.432 e. The van der Waals surface area contributed by atoms with Crippen LogP contribution in [0.2, 0.25) is 0 Å². The van der Waals surface area contributed by atoms with Gasteiger partial charge in [-0.15, -0.1) is 0 Å². The van der Waals surface area contributed by atoms with E-state index >= 15 is 0 Å². The normalized spacial score (nSPS) is 11.6. The monoisotopic (exact) mass is 289 g/mol. The molecule has 0 radical (unpaired) electrons. The van der Waals surface area contributed by atoms with Crippen molar-refractivity contribution in [3.8, 4) is 0 Å². The number of hydrogen-bond acceptors (Lipinski definition) is 5. The quantitative estimate of drug-likeness (QED) is 0.594. The standard InChI is InChI=1S/C10H6F3N3O4/c1-20-9(17)15-7(10(11,12)13)3-5-2-6(16(18)19)4-14-8(5)15/h2-4H,1H3. The fraction of sp³-hybridized carbons (Fsp3) is 0.200. The van der Waals surface area contributed by atoms with Crippen molar-refractivity contribution < 1.29 is 27.6 Å². The van der Waals surface area contributed by atoms with Gasteiger partial charge in [0.25, 0.3) is 5.69 Å². The number of methoxy groups -OCH3 is 1. The number of halogens is 3. The van der Waals surface area contributed by atoms with Gasteiger partial charge in [-0.2, -0.15) is 13.2 Å². The second-order valence-electron chi connectivity index (χ2n) is 3.70. The highest BCUT2D eigenvalue weighted by Gasteiger charge is 2.38. The van der Waals surface area contributed by atoms with Gasteiger partial charge in [0.1, 0.15) is 11.9 Å². The number of nitrogens with zero attached hydrogens (tertiary/aromatic N) is 3. The second-order valence-corrected chi connectivity index (χ2v) is 3.70. The first-order valence-electron chi connectivity index (χ1n) is 5.07. The second kappa shape index (κ2) is 4.47. The maximum absolute atomic E-state index is 12.9. The van der Waals surface area contributed by atoms with Crippen LogP contribution >= 0.6 is 0 Å². The summed E-state index contributed by atoms with van der Waals surface area (Å²) < 4.78 is 43.0. The number of rotatable bonds is 1. The third-order valence-corrected chi connectivity index (χ3v) is 2.48. The summed E-state index contributed by atoms with van der Waals surface area (Å²) in [6.45, 7) is 0. The first kappa shape index (κ1) is 13.8. The molecule has 0 amide bonds. The fourth-order valence-electron chi connectivity index (χ4n) is 1.67. The van der Waals surface area contributed by atoms with Crippen LogP contribution in [0.4, 0.5) is 23.7 Å². The van der Waals surface area contributed by atoms with Crippen molar-refractivity contribution in [3.05, 3.63) is 34.1 Å². The number of nitro groups is 1. The lowest BCUT2D eigenvalue weighted by atomic mass is 10.3. The van der Waals surface area contributed by atoms with E-state index in [1.165, 1.54) is 0 Å². The Kier molecular flexibility index (Phi) is 3.08. The lowest BCUT2D eigenvalue weighted by Gasteiger charge is -2.09. The predicted octanol–water partition coefficient (Wildman–Crippen LogP) is 2.58. The largest absolute Gasteiger partial charge is 0.452 e. The number of fused-ring (bicyclic) bond motifs is 1. The van der Waals surface area contributed by atoms with E-state index in [1.54, 1.807) is 0 Å². The molecule has 0 aliphatic heterocycles. The molecule has 10 heteroatoms.